The minimum absolute atomic E-state index is 0.0556. The average molecular weight is 769 g/mol. The van der Waals surface area contributed by atoms with Gasteiger partial charge in [0.25, 0.3) is 17.7 Å². The predicted octanol–water partition coefficient (Wildman–Crippen LogP) is 0.00530. The van der Waals surface area contributed by atoms with Crippen LogP contribution in [0.25, 0.3) is 0 Å². The minimum atomic E-state index is -1.05. The van der Waals surface area contributed by atoms with Crippen LogP contribution in [0.3, 0.4) is 0 Å². The molecule has 1 saturated heterocycles. The van der Waals surface area contributed by atoms with Crippen molar-refractivity contribution in [1.82, 2.24) is 31.1 Å². The summed E-state index contributed by atoms with van der Waals surface area (Å²) in [5, 5.41) is 57.0. The number of piperazine rings is 1. The van der Waals surface area contributed by atoms with Crippen LogP contribution in [0.5, 0.6) is 0 Å². The molecule has 0 radical (unpaired) electrons. The lowest BCUT2D eigenvalue weighted by atomic mass is 10.0. The SMILES string of the molecule is CC(=O)N[C@@H](CCCN(O)C(=O)/C=C(\C)CCO)C(=O)OCC/C(C)=C\C(=O)N(O)CCC[C@@H]1NC(=O)[C@H](CCCN(O)C(=O)/C=C(/C)CCO)NC1=O. The van der Waals surface area contributed by atoms with Crippen molar-refractivity contribution in [3.8, 4) is 0 Å². The quantitative estimate of drug-likeness (QED) is 0.0279. The molecule has 54 heavy (non-hydrogen) atoms. The van der Waals surface area contributed by atoms with Gasteiger partial charge in [-0.05, 0) is 72.1 Å². The molecule has 6 amide bonds. The van der Waals surface area contributed by atoms with Gasteiger partial charge in [0.2, 0.25) is 17.7 Å². The Labute approximate surface area is 314 Å². The van der Waals surface area contributed by atoms with Crippen molar-refractivity contribution in [3.63, 3.8) is 0 Å². The van der Waals surface area contributed by atoms with Crippen LogP contribution in [0.1, 0.15) is 85.5 Å². The van der Waals surface area contributed by atoms with Gasteiger partial charge in [-0.15, -0.1) is 0 Å². The number of rotatable bonds is 24. The second-order valence-electron chi connectivity index (χ2n) is 13.0. The van der Waals surface area contributed by atoms with Crippen LogP contribution in [0.15, 0.2) is 34.9 Å². The van der Waals surface area contributed by atoms with Crippen molar-refractivity contribution in [1.29, 1.82) is 0 Å². The largest absolute Gasteiger partial charge is 0.464 e. The lowest BCUT2D eigenvalue weighted by molar-refractivity contribution is -0.160. The van der Waals surface area contributed by atoms with Crippen LogP contribution in [-0.4, -0.2) is 140 Å². The van der Waals surface area contributed by atoms with Gasteiger partial charge in [-0.3, -0.25) is 44.4 Å². The third-order valence-corrected chi connectivity index (χ3v) is 8.14. The molecule has 0 aromatic rings. The number of carbonyl (C=O) groups is 7. The lowest BCUT2D eigenvalue weighted by Gasteiger charge is -2.30. The molecular weight excluding hydrogens is 712 g/mol. The zero-order valence-corrected chi connectivity index (χ0v) is 31.4. The summed E-state index contributed by atoms with van der Waals surface area (Å²) >= 11 is 0. The van der Waals surface area contributed by atoms with E-state index in [9.17, 15) is 49.2 Å². The van der Waals surface area contributed by atoms with Crippen LogP contribution < -0.4 is 16.0 Å². The highest BCUT2D eigenvalue weighted by atomic mass is 16.5. The van der Waals surface area contributed by atoms with Crippen molar-refractivity contribution in [2.45, 2.75) is 104 Å². The molecule has 8 N–H and O–H groups in total. The Bertz CT molecular complexity index is 1400. The molecule has 0 spiro atoms. The molecule has 1 aliphatic heterocycles. The van der Waals surface area contributed by atoms with Crippen LogP contribution in [0.4, 0.5) is 0 Å². The van der Waals surface area contributed by atoms with Gasteiger partial charge >= 0.3 is 5.97 Å². The number of carbonyl (C=O) groups excluding carboxylic acids is 7. The molecule has 0 bridgehead atoms. The van der Waals surface area contributed by atoms with Gasteiger partial charge in [0.15, 0.2) is 0 Å². The molecule has 0 aliphatic carbocycles. The van der Waals surface area contributed by atoms with Crippen molar-refractivity contribution in [2.75, 3.05) is 39.5 Å². The molecule has 19 heteroatoms. The molecule has 1 heterocycles. The van der Waals surface area contributed by atoms with Crippen LogP contribution >= 0.6 is 0 Å². The molecule has 1 rings (SSSR count). The van der Waals surface area contributed by atoms with Gasteiger partial charge in [-0.1, -0.05) is 16.7 Å². The number of nitrogens with one attached hydrogen (secondary N) is 3. The molecule has 304 valence electrons. The number of esters is 1. The molecule has 19 nitrogen and oxygen atoms in total. The van der Waals surface area contributed by atoms with E-state index in [0.717, 1.165) is 6.08 Å². The number of hydrogen-bond donors (Lipinski definition) is 8. The Morgan fingerprint density at radius 1 is 0.685 bits per heavy atom. The average Bonchev–Trinajstić information content (AvgIpc) is 3.09. The van der Waals surface area contributed by atoms with Crippen molar-refractivity contribution in [3.05, 3.63) is 34.9 Å². The summed E-state index contributed by atoms with van der Waals surface area (Å²) in [6.45, 7) is 5.30. The fourth-order valence-corrected chi connectivity index (χ4v) is 5.08. The van der Waals surface area contributed by atoms with Crippen LogP contribution in [0.2, 0.25) is 0 Å². The molecule has 0 aromatic heterocycles. The molecule has 0 aromatic carbocycles. The van der Waals surface area contributed by atoms with E-state index < -0.39 is 59.5 Å². The number of aliphatic hydroxyl groups is 2. The van der Waals surface area contributed by atoms with E-state index in [-0.39, 0.29) is 90.8 Å². The fourth-order valence-electron chi connectivity index (χ4n) is 5.08. The highest BCUT2D eigenvalue weighted by Crippen LogP contribution is 2.11. The maximum absolute atomic E-state index is 12.6. The Morgan fingerprint density at radius 3 is 1.46 bits per heavy atom. The summed E-state index contributed by atoms with van der Waals surface area (Å²) < 4.78 is 5.26. The molecule has 1 aliphatic rings. The predicted molar refractivity (Wildman–Crippen MR) is 190 cm³/mol. The molecule has 0 saturated carbocycles. The van der Waals surface area contributed by atoms with Crippen LogP contribution in [0, 0.1) is 0 Å². The monoisotopic (exact) mass is 768 g/mol. The Balaban J connectivity index is 2.47. The summed E-state index contributed by atoms with van der Waals surface area (Å²) in [5.41, 5.74) is 1.64. The molecule has 0 unspecified atom stereocenters. The normalized spacial score (nSPS) is 16.9. The smallest absolute Gasteiger partial charge is 0.328 e. The van der Waals surface area contributed by atoms with E-state index in [1.807, 2.05) is 0 Å². The number of ether oxygens (including phenoxy) is 1. The van der Waals surface area contributed by atoms with Gasteiger partial charge in [-0.2, -0.15) is 0 Å². The van der Waals surface area contributed by atoms with Crippen molar-refractivity contribution in [2.24, 2.45) is 0 Å². The molecule has 3 atom stereocenters. The van der Waals surface area contributed by atoms with Gasteiger partial charge in [0.05, 0.1) is 6.61 Å². The Morgan fingerprint density at radius 2 is 1.07 bits per heavy atom. The van der Waals surface area contributed by atoms with E-state index in [4.69, 9.17) is 14.9 Å². The third-order valence-electron chi connectivity index (χ3n) is 8.14. The van der Waals surface area contributed by atoms with Gasteiger partial charge in [0.1, 0.15) is 18.1 Å². The first-order chi connectivity index (χ1) is 25.5. The first kappa shape index (κ1) is 47.3. The number of nitrogens with zero attached hydrogens (tertiary/aromatic N) is 3. The Kier molecular flexibility index (Phi) is 22.2. The third kappa shape index (κ3) is 18.9. The number of hydrogen-bond acceptors (Lipinski definition) is 13. The number of aliphatic hydroxyl groups excluding tert-OH is 2. The zero-order chi connectivity index (χ0) is 40.8. The van der Waals surface area contributed by atoms with Gasteiger partial charge < -0.3 is 30.9 Å². The highest BCUT2D eigenvalue weighted by molar-refractivity contribution is 5.97. The van der Waals surface area contributed by atoms with Crippen molar-refractivity contribution < 1.29 is 64.1 Å². The first-order valence-corrected chi connectivity index (χ1v) is 17.8. The van der Waals surface area contributed by atoms with Gasteiger partial charge in [0, 0.05) is 64.4 Å². The number of amides is 6. The minimum Gasteiger partial charge on any atom is -0.464 e. The van der Waals surface area contributed by atoms with Gasteiger partial charge in [-0.25, -0.2) is 20.0 Å². The summed E-state index contributed by atoms with van der Waals surface area (Å²) in [6.07, 6.45) is 5.09. The standard InChI is InChI=1S/C35H56N6O13/c1-23(11-17-42)20-30(45)39(51)14-5-8-27-33(48)38-28(34(49)37-27)9-6-15-40(52)32(47)22-25(3)13-19-54-35(50)29(36-26(4)44)10-7-16-41(53)31(46)21-24(2)12-18-43/h20-22,27-29,42-43,51-53H,5-19H2,1-4H3,(H,36,44)(H,37,49)(H,38,48)/b23-20-,24-21+,25-22-/t27-,28-,29-/m0/s1. The van der Waals surface area contributed by atoms with Crippen molar-refractivity contribution >= 4 is 41.4 Å². The summed E-state index contributed by atoms with van der Waals surface area (Å²) in [6, 6.07) is -2.81. The summed E-state index contributed by atoms with van der Waals surface area (Å²) in [7, 11) is 0. The highest BCUT2D eigenvalue weighted by Gasteiger charge is 2.33. The topological polar surface area (TPSA) is 276 Å². The fraction of sp³-hybridized carbons (Fsp3) is 0.629. The molecular formula is C35H56N6O13. The van der Waals surface area contributed by atoms with E-state index in [0.29, 0.717) is 38.3 Å². The maximum Gasteiger partial charge on any atom is 0.328 e. The summed E-state index contributed by atoms with van der Waals surface area (Å²) in [5.74, 6) is -4.25. The van der Waals surface area contributed by atoms with E-state index in [1.165, 1.54) is 19.1 Å². The zero-order valence-electron chi connectivity index (χ0n) is 31.4. The second kappa shape index (κ2) is 25.4. The van der Waals surface area contributed by atoms with Crippen LogP contribution in [-0.2, 0) is 38.3 Å². The molecule has 1 fully saturated rings. The summed E-state index contributed by atoms with van der Waals surface area (Å²) in [4.78, 5) is 85.9. The number of hydroxylamine groups is 6. The second-order valence-corrected chi connectivity index (χ2v) is 13.0. The lowest BCUT2D eigenvalue weighted by Crippen LogP contribution is -2.61. The van der Waals surface area contributed by atoms with E-state index in [1.54, 1.807) is 20.8 Å². The van der Waals surface area contributed by atoms with E-state index >= 15 is 0 Å². The first-order valence-electron chi connectivity index (χ1n) is 17.8. The maximum atomic E-state index is 12.6. The van der Waals surface area contributed by atoms with E-state index in [2.05, 4.69) is 16.0 Å². The Hall–Kier alpha value is -4.69.